The second kappa shape index (κ2) is 41.7. The molecule has 0 spiro atoms. The van der Waals surface area contributed by atoms with Crippen molar-refractivity contribution in [2.45, 2.75) is 142 Å². The summed E-state index contributed by atoms with van der Waals surface area (Å²) in [5, 5.41) is 18.3. The van der Waals surface area contributed by atoms with Gasteiger partial charge in [0.2, 0.25) is 0 Å². The molecule has 10 heteroatoms. The Bertz CT molecular complexity index is 1230. The molecule has 0 aliphatic heterocycles. The van der Waals surface area contributed by atoms with E-state index in [2.05, 4.69) is 123 Å². The lowest BCUT2D eigenvalue weighted by Crippen LogP contribution is -2.29. The zero-order valence-corrected chi connectivity index (χ0v) is 35.4. The van der Waals surface area contributed by atoms with Crippen LogP contribution in [0.3, 0.4) is 0 Å². The highest BCUT2D eigenvalue weighted by Gasteiger charge is 2.26. The molecule has 3 unspecified atom stereocenters. The first-order chi connectivity index (χ1) is 27.3. The molecule has 9 nitrogen and oxygen atoms in total. The van der Waals surface area contributed by atoms with Crippen LogP contribution in [0.25, 0.3) is 0 Å². The summed E-state index contributed by atoms with van der Waals surface area (Å²) in [4.78, 5) is 22.6. The molecule has 56 heavy (non-hydrogen) atoms. The number of carbonyl (C=O) groups excluding carboxylic acids is 1. The van der Waals surface area contributed by atoms with E-state index in [9.17, 15) is 19.4 Å². The quantitative estimate of drug-likeness (QED) is 0.0241. The average Bonchev–Trinajstić information content (AvgIpc) is 3.19. The van der Waals surface area contributed by atoms with Crippen LogP contribution in [0, 0.1) is 0 Å². The fourth-order valence-corrected chi connectivity index (χ4v) is 5.64. The van der Waals surface area contributed by atoms with Gasteiger partial charge in [-0.1, -0.05) is 142 Å². The van der Waals surface area contributed by atoms with Crippen molar-refractivity contribution in [2.75, 3.05) is 33.0 Å². The van der Waals surface area contributed by atoms with Gasteiger partial charge in [0.1, 0.15) is 12.2 Å². The van der Waals surface area contributed by atoms with E-state index in [-0.39, 0.29) is 13.0 Å². The van der Waals surface area contributed by atoms with Gasteiger partial charge >= 0.3 is 13.8 Å². The van der Waals surface area contributed by atoms with Crippen molar-refractivity contribution in [3.63, 3.8) is 0 Å². The van der Waals surface area contributed by atoms with E-state index in [1.807, 2.05) is 0 Å². The zero-order chi connectivity index (χ0) is 41.1. The molecule has 0 heterocycles. The van der Waals surface area contributed by atoms with E-state index in [4.69, 9.17) is 23.6 Å². The van der Waals surface area contributed by atoms with Crippen LogP contribution in [0.2, 0.25) is 0 Å². The minimum atomic E-state index is -4.54. The van der Waals surface area contributed by atoms with Gasteiger partial charge in [-0.15, -0.1) is 0 Å². The maximum absolute atomic E-state index is 12.6. The first-order valence-electron chi connectivity index (χ1n) is 20.9. The number of allylic oxidation sites excluding steroid dienone is 18. The minimum Gasteiger partial charge on any atom is -0.457 e. The van der Waals surface area contributed by atoms with E-state index >= 15 is 0 Å². The third-order valence-corrected chi connectivity index (χ3v) is 8.90. The second-order valence-corrected chi connectivity index (χ2v) is 14.7. The van der Waals surface area contributed by atoms with Gasteiger partial charge in [0.25, 0.3) is 0 Å². The number of rotatable bonds is 38. The van der Waals surface area contributed by atoms with Crippen molar-refractivity contribution >= 4 is 13.8 Å². The molecule has 0 saturated heterocycles. The highest BCUT2D eigenvalue weighted by molar-refractivity contribution is 7.47. The number of ether oxygens (including phenoxy) is 2. The normalized spacial score (nSPS) is 15.2. The summed E-state index contributed by atoms with van der Waals surface area (Å²) in [6.45, 7) is 3.07. The summed E-state index contributed by atoms with van der Waals surface area (Å²) in [7, 11) is -4.54. The number of carbonyl (C=O) groups is 1. The average molecular weight is 803 g/mol. The van der Waals surface area contributed by atoms with Crippen LogP contribution in [-0.4, -0.2) is 66.3 Å². The molecular formula is C46H75O9P. The maximum Gasteiger partial charge on any atom is 0.472 e. The fourth-order valence-electron chi connectivity index (χ4n) is 4.85. The summed E-state index contributed by atoms with van der Waals surface area (Å²) in [6, 6.07) is 0. The molecule has 318 valence electrons. The predicted molar refractivity (Wildman–Crippen MR) is 232 cm³/mol. The summed E-state index contributed by atoms with van der Waals surface area (Å²) in [5.41, 5.74) is 0. The number of hydrogen-bond donors (Lipinski definition) is 3. The number of esters is 1. The maximum atomic E-state index is 12.6. The SMILES string of the molecule is CC/C=C\C/C=C\C/C=C\C/C=C\C/C=C\CCCCCCCC(=O)OC(COCCC/C=C\C/C=C\C/C=C\C/C=C\CC)COP(=O)(O)OCC(O)CO. The molecule has 0 saturated carbocycles. The van der Waals surface area contributed by atoms with Gasteiger partial charge in [-0.25, -0.2) is 4.57 Å². The fraction of sp³-hybridized carbons (Fsp3) is 0.587. The van der Waals surface area contributed by atoms with Crippen molar-refractivity contribution in [2.24, 2.45) is 0 Å². The van der Waals surface area contributed by atoms with Crippen LogP contribution in [0.5, 0.6) is 0 Å². The number of phosphoric ester groups is 1. The van der Waals surface area contributed by atoms with Crippen LogP contribution in [0.1, 0.15) is 129 Å². The third-order valence-electron chi connectivity index (χ3n) is 7.95. The Kier molecular flexibility index (Phi) is 39.6. The number of aliphatic hydroxyl groups excluding tert-OH is 2. The van der Waals surface area contributed by atoms with Crippen molar-refractivity contribution in [3.05, 3.63) is 109 Å². The molecular weight excluding hydrogens is 727 g/mol. The van der Waals surface area contributed by atoms with Crippen LogP contribution < -0.4 is 0 Å². The Morgan fingerprint density at radius 1 is 0.554 bits per heavy atom. The summed E-state index contributed by atoms with van der Waals surface area (Å²) in [5.74, 6) is -0.426. The summed E-state index contributed by atoms with van der Waals surface area (Å²) in [6.07, 6.45) is 53.4. The molecule has 3 atom stereocenters. The number of hydrogen-bond acceptors (Lipinski definition) is 8. The molecule has 0 rings (SSSR count). The van der Waals surface area contributed by atoms with Gasteiger partial charge in [-0.05, 0) is 89.9 Å². The highest BCUT2D eigenvalue weighted by Crippen LogP contribution is 2.43. The van der Waals surface area contributed by atoms with Crippen LogP contribution >= 0.6 is 7.82 Å². The first kappa shape index (κ1) is 53.1. The molecule has 3 N–H and O–H groups in total. The van der Waals surface area contributed by atoms with Crippen LogP contribution in [0.4, 0.5) is 0 Å². The molecule has 0 radical (unpaired) electrons. The Morgan fingerprint density at radius 2 is 0.964 bits per heavy atom. The topological polar surface area (TPSA) is 132 Å². The molecule has 0 aromatic heterocycles. The van der Waals surface area contributed by atoms with Crippen molar-refractivity contribution in [1.82, 2.24) is 0 Å². The summed E-state index contributed by atoms with van der Waals surface area (Å²) >= 11 is 0. The Labute approximate surface area is 340 Å². The molecule has 0 bridgehead atoms. The lowest BCUT2D eigenvalue weighted by atomic mass is 10.1. The lowest BCUT2D eigenvalue weighted by Gasteiger charge is -2.20. The van der Waals surface area contributed by atoms with E-state index in [0.717, 1.165) is 103 Å². The molecule has 0 aromatic carbocycles. The smallest absolute Gasteiger partial charge is 0.457 e. The Morgan fingerprint density at radius 3 is 1.45 bits per heavy atom. The van der Waals surface area contributed by atoms with Crippen LogP contribution in [0.15, 0.2) is 109 Å². The van der Waals surface area contributed by atoms with Gasteiger partial charge < -0.3 is 24.6 Å². The molecule has 0 aliphatic carbocycles. The van der Waals surface area contributed by atoms with E-state index in [1.54, 1.807) is 0 Å². The Hall–Kier alpha value is -2.88. The third kappa shape index (κ3) is 40.8. The minimum absolute atomic E-state index is 0.00495. The predicted octanol–water partition coefficient (Wildman–Crippen LogP) is 11.5. The Balaban J connectivity index is 4.33. The zero-order valence-electron chi connectivity index (χ0n) is 34.5. The monoisotopic (exact) mass is 803 g/mol. The molecule has 0 aliphatic rings. The van der Waals surface area contributed by atoms with E-state index in [0.29, 0.717) is 13.0 Å². The van der Waals surface area contributed by atoms with Crippen LogP contribution in [-0.2, 0) is 27.9 Å². The number of phosphoric acid groups is 1. The van der Waals surface area contributed by atoms with E-state index < -0.39 is 45.8 Å². The second-order valence-electron chi connectivity index (χ2n) is 13.2. The number of aliphatic hydroxyl groups is 2. The standard InChI is InChI=1S/C46H75O9P/c1-3-5-7-9-11-13-15-17-19-20-21-22-23-24-25-26-28-30-32-34-36-38-46(49)55-45(43-54-56(50,51)53-41-44(48)40-47)42-52-39-37-35-33-31-29-27-18-16-14-12-10-8-6-4-2/h5-8,11-14,17-19,21-22,24-25,27,31,33,44-45,47-48H,3-4,9-10,15-16,20,23,26,28-30,32,34-43H2,1-2H3,(H,50,51)/b7-5-,8-6-,13-11-,14-12-,19-17-,22-21-,25-24-,27-18-,33-31-. The van der Waals surface area contributed by atoms with Crippen molar-refractivity contribution in [3.8, 4) is 0 Å². The largest absolute Gasteiger partial charge is 0.472 e. The van der Waals surface area contributed by atoms with Gasteiger partial charge in [-0.3, -0.25) is 13.8 Å². The van der Waals surface area contributed by atoms with Gasteiger partial charge in [0.15, 0.2) is 0 Å². The molecule has 0 amide bonds. The summed E-state index contributed by atoms with van der Waals surface area (Å²) < 4.78 is 33.2. The van der Waals surface area contributed by atoms with E-state index in [1.165, 1.54) is 0 Å². The molecule has 0 aromatic rings. The lowest BCUT2D eigenvalue weighted by molar-refractivity contribution is -0.154. The van der Waals surface area contributed by atoms with Gasteiger partial charge in [0, 0.05) is 13.0 Å². The first-order valence-corrected chi connectivity index (χ1v) is 22.4. The van der Waals surface area contributed by atoms with Crippen molar-refractivity contribution < 1.29 is 43.0 Å². The van der Waals surface area contributed by atoms with Crippen molar-refractivity contribution in [1.29, 1.82) is 0 Å². The highest BCUT2D eigenvalue weighted by atomic mass is 31.2. The van der Waals surface area contributed by atoms with Gasteiger partial charge in [0.05, 0.1) is 26.4 Å². The van der Waals surface area contributed by atoms with Gasteiger partial charge in [-0.2, -0.15) is 0 Å². The molecule has 0 fully saturated rings. The number of unbranched alkanes of at least 4 members (excludes halogenated alkanes) is 6.